The van der Waals surface area contributed by atoms with Crippen LogP contribution < -0.4 is 16.5 Å². The fourth-order valence-electron chi connectivity index (χ4n) is 5.43. The molecular formula is C30H26N6O. The van der Waals surface area contributed by atoms with Crippen LogP contribution in [0.5, 0.6) is 0 Å². The van der Waals surface area contributed by atoms with Crippen molar-refractivity contribution in [1.82, 2.24) is 14.5 Å². The molecule has 7 nitrogen and oxygen atoms in total. The molecule has 0 unspecified atom stereocenters. The van der Waals surface area contributed by atoms with Gasteiger partial charge in [0.15, 0.2) is 5.82 Å². The molecule has 182 valence electrons. The van der Waals surface area contributed by atoms with Gasteiger partial charge in [-0.25, -0.2) is 9.97 Å². The first-order valence-corrected chi connectivity index (χ1v) is 12.5. The number of nitrogens with two attached hydrogens (primary N) is 1. The summed E-state index contributed by atoms with van der Waals surface area (Å²) in [5.41, 5.74) is 17.0. The van der Waals surface area contributed by atoms with Crippen LogP contribution in [0.4, 0.5) is 17.2 Å². The maximum Gasteiger partial charge on any atom is 0.154 e. The van der Waals surface area contributed by atoms with Crippen LogP contribution in [0.1, 0.15) is 24.8 Å². The number of hydrogen-bond donors (Lipinski definition) is 4. The average molecular weight is 487 g/mol. The first-order chi connectivity index (χ1) is 18.1. The second-order valence-corrected chi connectivity index (χ2v) is 9.79. The van der Waals surface area contributed by atoms with Gasteiger partial charge in [0, 0.05) is 28.4 Å². The van der Waals surface area contributed by atoms with Gasteiger partial charge < -0.3 is 11.1 Å². The summed E-state index contributed by atoms with van der Waals surface area (Å²) in [6, 6.07) is 28.4. The lowest BCUT2D eigenvalue weighted by Gasteiger charge is -2.38. The highest BCUT2D eigenvalue weighted by Gasteiger charge is 2.34. The van der Waals surface area contributed by atoms with Gasteiger partial charge in [-0.1, -0.05) is 48.5 Å². The number of anilines is 3. The van der Waals surface area contributed by atoms with Gasteiger partial charge in [0.1, 0.15) is 5.82 Å². The molecule has 0 amide bonds. The number of para-hydroxylation sites is 1. The molecule has 0 bridgehead atoms. The smallest absolute Gasteiger partial charge is 0.154 e. The van der Waals surface area contributed by atoms with Gasteiger partial charge in [0.25, 0.3) is 0 Å². The number of aromatic nitrogens is 3. The van der Waals surface area contributed by atoms with Crippen molar-refractivity contribution in [1.29, 1.82) is 0 Å². The van der Waals surface area contributed by atoms with Gasteiger partial charge >= 0.3 is 0 Å². The number of pyridine rings is 1. The monoisotopic (exact) mass is 486 g/mol. The molecule has 1 fully saturated rings. The first-order valence-electron chi connectivity index (χ1n) is 12.5. The van der Waals surface area contributed by atoms with Crippen LogP contribution >= 0.6 is 0 Å². The summed E-state index contributed by atoms with van der Waals surface area (Å²) in [7, 11) is 0. The van der Waals surface area contributed by atoms with Crippen molar-refractivity contribution < 1.29 is 5.21 Å². The fourth-order valence-corrected chi connectivity index (χ4v) is 5.43. The van der Waals surface area contributed by atoms with Crippen LogP contribution in [0.2, 0.25) is 0 Å². The molecule has 3 aromatic carbocycles. The molecule has 0 saturated heterocycles. The van der Waals surface area contributed by atoms with E-state index in [4.69, 9.17) is 10.7 Å². The second-order valence-electron chi connectivity index (χ2n) is 9.79. The van der Waals surface area contributed by atoms with E-state index in [2.05, 4.69) is 56.7 Å². The highest BCUT2D eigenvalue weighted by molar-refractivity contribution is 5.91. The summed E-state index contributed by atoms with van der Waals surface area (Å²) >= 11 is 0. The van der Waals surface area contributed by atoms with E-state index in [0.29, 0.717) is 5.69 Å². The third-order valence-electron chi connectivity index (χ3n) is 7.57. The summed E-state index contributed by atoms with van der Waals surface area (Å²) in [6.07, 6.45) is 5.00. The van der Waals surface area contributed by atoms with E-state index in [1.54, 1.807) is 6.20 Å². The van der Waals surface area contributed by atoms with Gasteiger partial charge in [-0.2, -0.15) is 0 Å². The SMILES string of the molecule is NC1(c2ccc(-c3c(-c4cccc(NO)c4)nc4n3-c3cccnc3Nc3ccccc3-4)cc2)CCC1. The van der Waals surface area contributed by atoms with E-state index in [9.17, 15) is 5.21 Å². The van der Waals surface area contributed by atoms with Crippen LogP contribution in [0.3, 0.4) is 0 Å². The summed E-state index contributed by atoms with van der Waals surface area (Å²) < 4.78 is 2.19. The average Bonchev–Trinajstić information content (AvgIpc) is 3.26. The molecule has 0 atom stereocenters. The maximum absolute atomic E-state index is 9.59. The normalized spacial score (nSPS) is 14.9. The standard InChI is InChI=1S/C30H26N6O/c31-30(15-5-16-30)21-13-11-19(12-14-21)27-26(20-6-3-7-22(18-20)35-37)34-29-23-8-1-2-9-24(23)33-28-25(36(27)29)10-4-17-32-28/h1-4,6-14,17-18,35,37H,5,15-16,31H2,(H,32,33). The van der Waals surface area contributed by atoms with Crippen LogP contribution in [-0.2, 0) is 5.54 Å². The van der Waals surface area contributed by atoms with Gasteiger partial charge in [0.05, 0.1) is 28.5 Å². The Bertz CT molecular complexity index is 1630. The third kappa shape index (κ3) is 3.43. The molecule has 3 heterocycles. The minimum absolute atomic E-state index is 0.226. The lowest BCUT2D eigenvalue weighted by molar-refractivity contribution is 0.253. The molecule has 1 aliphatic heterocycles. The Labute approximate surface area is 214 Å². The molecule has 2 aliphatic rings. The number of hydrogen-bond acceptors (Lipinski definition) is 6. The van der Waals surface area contributed by atoms with Crippen molar-refractivity contribution in [3.05, 3.63) is 96.7 Å². The Kier molecular flexibility index (Phi) is 4.89. The number of imidazole rings is 1. The minimum Gasteiger partial charge on any atom is -0.338 e. The lowest BCUT2D eigenvalue weighted by Crippen LogP contribution is -2.43. The Balaban J connectivity index is 1.53. The Morgan fingerprint density at radius 1 is 0.919 bits per heavy atom. The molecule has 2 aromatic heterocycles. The summed E-state index contributed by atoms with van der Waals surface area (Å²) in [5, 5.41) is 13.1. The van der Waals surface area contributed by atoms with Crippen molar-refractivity contribution in [2.75, 3.05) is 10.8 Å². The Morgan fingerprint density at radius 3 is 2.54 bits per heavy atom. The van der Waals surface area contributed by atoms with E-state index in [1.165, 1.54) is 12.0 Å². The van der Waals surface area contributed by atoms with Crippen LogP contribution in [0.25, 0.3) is 39.6 Å². The summed E-state index contributed by atoms with van der Waals surface area (Å²) in [6.45, 7) is 0. The van der Waals surface area contributed by atoms with Crippen molar-refractivity contribution >= 4 is 17.2 Å². The molecule has 7 rings (SSSR count). The van der Waals surface area contributed by atoms with E-state index >= 15 is 0 Å². The predicted octanol–water partition coefficient (Wildman–Crippen LogP) is 6.46. The van der Waals surface area contributed by atoms with Gasteiger partial charge in [-0.05, 0) is 61.2 Å². The van der Waals surface area contributed by atoms with E-state index in [0.717, 1.165) is 63.9 Å². The molecule has 5 aromatic rings. The van der Waals surface area contributed by atoms with Crippen molar-refractivity contribution in [2.24, 2.45) is 5.73 Å². The zero-order valence-electron chi connectivity index (χ0n) is 20.1. The highest BCUT2D eigenvalue weighted by Crippen LogP contribution is 2.45. The molecule has 0 radical (unpaired) electrons. The zero-order valence-corrected chi connectivity index (χ0v) is 20.1. The van der Waals surface area contributed by atoms with Crippen molar-refractivity contribution in [2.45, 2.75) is 24.8 Å². The van der Waals surface area contributed by atoms with Crippen LogP contribution in [0, 0.1) is 0 Å². The first kappa shape index (κ1) is 21.8. The molecule has 5 N–H and O–H groups in total. The van der Waals surface area contributed by atoms with Crippen molar-refractivity contribution in [3.63, 3.8) is 0 Å². The quantitative estimate of drug-likeness (QED) is 0.213. The largest absolute Gasteiger partial charge is 0.338 e. The van der Waals surface area contributed by atoms with E-state index in [1.807, 2.05) is 48.5 Å². The number of fused-ring (bicyclic) bond motifs is 5. The number of nitrogens with one attached hydrogen (secondary N) is 2. The minimum atomic E-state index is -0.226. The maximum atomic E-state index is 9.59. The molecule has 1 aliphatic carbocycles. The molecule has 7 heteroatoms. The van der Waals surface area contributed by atoms with Crippen LogP contribution in [0.15, 0.2) is 91.1 Å². The summed E-state index contributed by atoms with van der Waals surface area (Å²) in [4.78, 5) is 9.90. The predicted molar refractivity (Wildman–Crippen MR) is 146 cm³/mol. The molecule has 1 saturated carbocycles. The Hall–Kier alpha value is -4.46. The van der Waals surface area contributed by atoms with Gasteiger partial charge in [0.2, 0.25) is 0 Å². The van der Waals surface area contributed by atoms with E-state index < -0.39 is 0 Å². The van der Waals surface area contributed by atoms with E-state index in [-0.39, 0.29) is 5.54 Å². The second kappa shape index (κ2) is 8.30. The number of benzene rings is 3. The van der Waals surface area contributed by atoms with Crippen LogP contribution in [-0.4, -0.2) is 19.7 Å². The Morgan fingerprint density at radius 2 is 1.76 bits per heavy atom. The molecule has 37 heavy (non-hydrogen) atoms. The number of rotatable bonds is 4. The summed E-state index contributed by atoms with van der Waals surface area (Å²) in [5.74, 6) is 1.58. The molecule has 0 spiro atoms. The van der Waals surface area contributed by atoms with Gasteiger partial charge in [-0.15, -0.1) is 0 Å². The highest BCUT2D eigenvalue weighted by atomic mass is 16.5. The topological polar surface area (TPSA) is 101 Å². The molecular weight excluding hydrogens is 460 g/mol. The number of nitrogens with zero attached hydrogens (tertiary/aromatic N) is 3. The lowest BCUT2D eigenvalue weighted by atomic mass is 9.72. The van der Waals surface area contributed by atoms with Crippen molar-refractivity contribution in [3.8, 4) is 39.6 Å². The van der Waals surface area contributed by atoms with Gasteiger partial charge in [-0.3, -0.25) is 15.3 Å². The zero-order chi connectivity index (χ0) is 25.0. The fraction of sp³-hybridized carbons (Fsp3) is 0.133. The third-order valence-corrected chi connectivity index (χ3v) is 7.57.